The third kappa shape index (κ3) is 6.62. The van der Waals surface area contributed by atoms with E-state index in [0.29, 0.717) is 0 Å². The van der Waals surface area contributed by atoms with Gasteiger partial charge in [-0.3, -0.25) is 9.59 Å². The van der Waals surface area contributed by atoms with Crippen LogP contribution in [0.4, 0.5) is 0 Å². The van der Waals surface area contributed by atoms with Gasteiger partial charge in [-0.25, -0.2) is 0 Å². The van der Waals surface area contributed by atoms with E-state index in [-0.39, 0.29) is 24.0 Å². The summed E-state index contributed by atoms with van der Waals surface area (Å²) in [6.07, 6.45) is -0.0886. The molecule has 92 valence electrons. The van der Waals surface area contributed by atoms with Gasteiger partial charge in [0.2, 0.25) is 0 Å². The van der Waals surface area contributed by atoms with Gasteiger partial charge in [-0.2, -0.15) is 0 Å². The average molecular weight is 265 g/mol. The number of carbonyl (C=O) groups excluding carboxylic acids is 2. The summed E-state index contributed by atoms with van der Waals surface area (Å²) in [6, 6.07) is 0. The fourth-order valence-corrected chi connectivity index (χ4v) is 1.93. The van der Waals surface area contributed by atoms with Crippen molar-refractivity contribution in [2.75, 3.05) is 13.2 Å². The van der Waals surface area contributed by atoms with Gasteiger partial charge >= 0.3 is 11.9 Å². The molecule has 0 bridgehead atoms. The van der Waals surface area contributed by atoms with Gasteiger partial charge in [-0.15, -0.1) is 0 Å². The van der Waals surface area contributed by atoms with E-state index >= 15 is 0 Å². The summed E-state index contributed by atoms with van der Waals surface area (Å²) in [5, 5.41) is -0.725. The van der Waals surface area contributed by atoms with Crippen LogP contribution in [0.5, 0.6) is 0 Å². The fraction of sp³-hybridized carbons (Fsp3) is 0.667. The molecule has 0 aliphatic heterocycles. The van der Waals surface area contributed by atoms with Crippen LogP contribution in [0.3, 0.4) is 0 Å². The minimum Gasteiger partial charge on any atom is -0.466 e. The molecule has 1 unspecified atom stereocenters. The SMILES string of the molecule is CCOC(=O)CC(SC(N)=S)C(=O)OCC. The van der Waals surface area contributed by atoms with Crippen LogP contribution in [0.2, 0.25) is 0 Å². The van der Waals surface area contributed by atoms with E-state index < -0.39 is 17.2 Å². The highest BCUT2D eigenvalue weighted by molar-refractivity contribution is 8.23. The Morgan fingerprint density at radius 2 is 1.88 bits per heavy atom. The molecule has 0 amide bonds. The molecule has 7 heteroatoms. The Morgan fingerprint density at radius 1 is 1.31 bits per heavy atom. The summed E-state index contributed by atoms with van der Waals surface area (Å²) in [5.74, 6) is -0.974. The van der Waals surface area contributed by atoms with E-state index in [1.807, 2.05) is 0 Å². The lowest BCUT2D eigenvalue weighted by atomic mass is 10.3. The van der Waals surface area contributed by atoms with Crippen molar-refractivity contribution in [3.8, 4) is 0 Å². The first-order valence-electron chi connectivity index (χ1n) is 4.79. The van der Waals surface area contributed by atoms with Gasteiger partial charge in [0, 0.05) is 0 Å². The first-order chi connectivity index (χ1) is 7.51. The maximum atomic E-state index is 11.5. The summed E-state index contributed by atoms with van der Waals surface area (Å²) in [6.45, 7) is 3.89. The molecular formula is C9H15NO4S2. The molecule has 0 spiro atoms. The highest BCUT2D eigenvalue weighted by Gasteiger charge is 2.25. The second kappa shape index (κ2) is 8.35. The maximum absolute atomic E-state index is 11.5. The zero-order valence-corrected chi connectivity index (χ0v) is 10.9. The molecule has 0 fully saturated rings. The van der Waals surface area contributed by atoms with Crippen LogP contribution >= 0.6 is 24.0 Å². The minimum absolute atomic E-state index is 0.0886. The topological polar surface area (TPSA) is 78.6 Å². The van der Waals surface area contributed by atoms with Gasteiger partial charge in [0.1, 0.15) is 9.57 Å². The Balaban J connectivity index is 4.36. The largest absolute Gasteiger partial charge is 0.466 e. The van der Waals surface area contributed by atoms with Crippen LogP contribution in [-0.4, -0.2) is 34.7 Å². The quantitative estimate of drug-likeness (QED) is 0.563. The maximum Gasteiger partial charge on any atom is 0.320 e. The van der Waals surface area contributed by atoms with E-state index in [0.717, 1.165) is 11.8 Å². The van der Waals surface area contributed by atoms with Gasteiger partial charge in [0.25, 0.3) is 0 Å². The highest BCUT2D eigenvalue weighted by Crippen LogP contribution is 2.17. The fourth-order valence-electron chi connectivity index (χ4n) is 0.920. The first kappa shape index (κ1) is 15.2. The predicted octanol–water partition coefficient (Wildman–Crippen LogP) is 0.848. The van der Waals surface area contributed by atoms with E-state index in [9.17, 15) is 9.59 Å². The van der Waals surface area contributed by atoms with Crippen LogP contribution in [0, 0.1) is 0 Å². The standard InChI is InChI=1S/C9H15NO4S2/c1-3-13-7(11)5-6(16-9(10)15)8(12)14-4-2/h6H,3-5H2,1-2H3,(H2,10,15). The van der Waals surface area contributed by atoms with Crippen molar-refractivity contribution in [1.29, 1.82) is 0 Å². The van der Waals surface area contributed by atoms with E-state index in [1.54, 1.807) is 13.8 Å². The van der Waals surface area contributed by atoms with Crippen LogP contribution in [0.15, 0.2) is 0 Å². The monoisotopic (exact) mass is 265 g/mol. The number of hydrogen-bond donors (Lipinski definition) is 1. The molecular weight excluding hydrogens is 250 g/mol. The Kier molecular flexibility index (Phi) is 7.92. The normalized spacial score (nSPS) is 11.6. The van der Waals surface area contributed by atoms with Gasteiger partial charge < -0.3 is 15.2 Å². The number of ether oxygens (including phenoxy) is 2. The van der Waals surface area contributed by atoms with E-state index in [2.05, 4.69) is 12.2 Å². The van der Waals surface area contributed by atoms with Crippen molar-refractivity contribution in [2.45, 2.75) is 25.5 Å². The zero-order valence-electron chi connectivity index (χ0n) is 9.23. The molecule has 0 heterocycles. The second-order valence-corrected chi connectivity index (χ2v) is 4.63. The third-order valence-electron chi connectivity index (χ3n) is 1.47. The lowest BCUT2D eigenvalue weighted by molar-refractivity contribution is -0.149. The van der Waals surface area contributed by atoms with E-state index in [1.165, 1.54) is 0 Å². The molecule has 0 aliphatic rings. The number of hydrogen-bond acceptors (Lipinski definition) is 6. The lowest BCUT2D eigenvalue weighted by Gasteiger charge is -2.13. The summed E-state index contributed by atoms with van der Waals surface area (Å²) in [7, 11) is 0. The molecule has 0 aromatic carbocycles. The Labute approximate surface area is 104 Å². The second-order valence-electron chi connectivity index (χ2n) is 2.69. The Hall–Kier alpha value is -0.820. The smallest absolute Gasteiger partial charge is 0.320 e. The van der Waals surface area contributed by atoms with Crippen molar-refractivity contribution in [2.24, 2.45) is 5.73 Å². The van der Waals surface area contributed by atoms with Gasteiger partial charge in [0.05, 0.1) is 19.6 Å². The molecule has 0 aromatic rings. The Bertz CT molecular complexity index is 270. The summed E-state index contributed by atoms with van der Waals surface area (Å²) >= 11 is 5.61. The number of nitrogens with two attached hydrogens (primary N) is 1. The van der Waals surface area contributed by atoms with Gasteiger partial charge in [-0.05, 0) is 13.8 Å². The molecule has 0 aromatic heterocycles. The molecule has 2 N–H and O–H groups in total. The van der Waals surface area contributed by atoms with Gasteiger partial charge in [-0.1, -0.05) is 24.0 Å². The lowest BCUT2D eigenvalue weighted by Crippen LogP contribution is -2.27. The molecule has 5 nitrogen and oxygen atoms in total. The molecule has 0 saturated heterocycles. The van der Waals surface area contributed by atoms with E-state index in [4.69, 9.17) is 15.2 Å². The van der Waals surface area contributed by atoms with Crippen molar-refractivity contribution in [3.05, 3.63) is 0 Å². The number of carbonyl (C=O) groups is 2. The van der Waals surface area contributed by atoms with Crippen LogP contribution in [0.1, 0.15) is 20.3 Å². The molecule has 16 heavy (non-hydrogen) atoms. The number of thioether (sulfide) groups is 1. The zero-order chi connectivity index (χ0) is 12.6. The van der Waals surface area contributed by atoms with Crippen LogP contribution in [-0.2, 0) is 19.1 Å². The van der Waals surface area contributed by atoms with Crippen molar-refractivity contribution >= 4 is 40.2 Å². The van der Waals surface area contributed by atoms with Crippen LogP contribution in [0.25, 0.3) is 0 Å². The minimum atomic E-state index is -0.725. The number of rotatable bonds is 6. The summed E-state index contributed by atoms with van der Waals surface area (Å²) < 4.78 is 9.64. The summed E-state index contributed by atoms with van der Waals surface area (Å²) in [5.41, 5.74) is 5.31. The summed E-state index contributed by atoms with van der Waals surface area (Å²) in [4.78, 5) is 22.7. The number of thiocarbonyl (C=S) groups is 1. The number of esters is 2. The van der Waals surface area contributed by atoms with Crippen molar-refractivity contribution < 1.29 is 19.1 Å². The molecule has 1 atom stereocenters. The first-order valence-corrected chi connectivity index (χ1v) is 6.08. The molecule has 0 aliphatic carbocycles. The van der Waals surface area contributed by atoms with Crippen molar-refractivity contribution in [3.63, 3.8) is 0 Å². The predicted molar refractivity (Wildman–Crippen MR) is 66.0 cm³/mol. The molecule has 0 rings (SSSR count). The molecule has 0 radical (unpaired) electrons. The van der Waals surface area contributed by atoms with Crippen molar-refractivity contribution in [1.82, 2.24) is 0 Å². The van der Waals surface area contributed by atoms with Gasteiger partial charge in [0.15, 0.2) is 0 Å². The third-order valence-corrected chi connectivity index (χ3v) is 2.63. The average Bonchev–Trinajstić information content (AvgIpc) is 2.16. The highest BCUT2D eigenvalue weighted by atomic mass is 32.2. The Morgan fingerprint density at radius 3 is 2.31 bits per heavy atom. The molecule has 0 saturated carbocycles. The van der Waals surface area contributed by atoms with Crippen LogP contribution < -0.4 is 5.73 Å².